The molecule has 0 saturated carbocycles. The molecule has 0 aliphatic carbocycles. The molecule has 2 aromatic rings. The van der Waals surface area contributed by atoms with Crippen LogP contribution in [0.25, 0.3) is 0 Å². The fourth-order valence-corrected chi connectivity index (χ4v) is 2.15. The summed E-state index contributed by atoms with van der Waals surface area (Å²) in [6, 6.07) is 9.81. The Morgan fingerprint density at radius 1 is 1.41 bits per heavy atom. The van der Waals surface area contributed by atoms with E-state index in [4.69, 9.17) is 5.26 Å². The molecule has 0 bridgehead atoms. The van der Waals surface area contributed by atoms with Gasteiger partial charge in [-0.15, -0.1) is 11.3 Å². The molecule has 0 unspecified atom stereocenters. The number of rotatable bonds is 5. The molecule has 1 aromatic heterocycles. The maximum Gasteiger partial charge on any atom is 0.0991 e. The molecular weight excluding hydrogens is 230 g/mol. The van der Waals surface area contributed by atoms with Crippen LogP contribution in [0.5, 0.6) is 0 Å². The molecule has 1 aromatic carbocycles. The van der Waals surface area contributed by atoms with E-state index < -0.39 is 0 Å². The summed E-state index contributed by atoms with van der Waals surface area (Å²) in [6.07, 6.45) is 0.946. The van der Waals surface area contributed by atoms with Crippen molar-refractivity contribution in [1.29, 1.82) is 5.26 Å². The molecule has 0 amide bonds. The third-order valence-electron chi connectivity index (χ3n) is 2.43. The van der Waals surface area contributed by atoms with Crippen molar-refractivity contribution < 1.29 is 0 Å². The van der Waals surface area contributed by atoms with Gasteiger partial charge in [0.2, 0.25) is 0 Å². The molecule has 0 saturated heterocycles. The average Bonchev–Trinajstić information content (AvgIpc) is 2.88. The van der Waals surface area contributed by atoms with Crippen LogP contribution in [-0.4, -0.2) is 11.5 Å². The second-order valence-electron chi connectivity index (χ2n) is 3.72. The molecule has 2 rings (SSSR count). The van der Waals surface area contributed by atoms with Crippen LogP contribution in [0.15, 0.2) is 35.2 Å². The number of nitriles is 1. The minimum atomic E-state index is 0.712. The van der Waals surface area contributed by atoms with Gasteiger partial charge >= 0.3 is 0 Å². The first kappa shape index (κ1) is 11.8. The first-order chi connectivity index (χ1) is 8.38. The third-order valence-corrected chi connectivity index (χ3v) is 3.06. The Morgan fingerprint density at radius 2 is 2.35 bits per heavy atom. The van der Waals surface area contributed by atoms with E-state index in [9.17, 15) is 0 Å². The van der Waals surface area contributed by atoms with Crippen molar-refractivity contribution in [2.75, 3.05) is 6.54 Å². The molecule has 0 spiro atoms. The Bertz CT molecular complexity index is 500. The van der Waals surface area contributed by atoms with Crippen LogP contribution in [0.4, 0.5) is 0 Å². The fourth-order valence-electron chi connectivity index (χ4n) is 1.56. The van der Waals surface area contributed by atoms with E-state index in [0.717, 1.165) is 30.8 Å². The van der Waals surface area contributed by atoms with Gasteiger partial charge in [0, 0.05) is 24.9 Å². The predicted octanol–water partition coefficient (Wildman–Crippen LogP) is 2.35. The highest BCUT2D eigenvalue weighted by Gasteiger charge is 1.97. The molecular formula is C13H13N3S. The molecule has 0 atom stereocenters. The number of nitrogens with one attached hydrogen (secondary N) is 1. The summed E-state index contributed by atoms with van der Waals surface area (Å²) in [5, 5.41) is 14.2. The van der Waals surface area contributed by atoms with Gasteiger partial charge in [-0.1, -0.05) is 12.1 Å². The molecule has 0 aliphatic rings. The Labute approximate surface area is 105 Å². The normalized spacial score (nSPS) is 10.1. The predicted molar refractivity (Wildman–Crippen MR) is 68.7 cm³/mol. The third kappa shape index (κ3) is 3.66. The fraction of sp³-hybridized carbons (Fsp3) is 0.231. The molecule has 3 nitrogen and oxygen atoms in total. The maximum atomic E-state index is 8.78. The first-order valence-electron chi connectivity index (χ1n) is 5.45. The van der Waals surface area contributed by atoms with E-state index in [1.54, 1.807) is 11.3 Å². The second kappa shape index (κ2) is 6.14. The maximum absolute atomic E-state index is 8.78. The zero-order chi connectivity index (χ0) is 11.9. The van der Waals surface area contributed by atoms with Crippen molar-refractivity contribution in [2.24, 2.45) is 0 Å². The van der Waals surface area contributed by atoms with Gasteiger partial charge < -0.3 is 5.32 Å². The molecule has 4 heteroatoms. The first-order valence-corrected chi connectivity index (χ1v) is 6.39. The van der Waals surface area contributed by atoms with Gasteiger partial charge in [-0.25, -0.2) is 4.98 Å². The summed E-state index contributed by atoms with van der Waals surface area (Å²) >= 11 is 1.62. The number of hydrogen-bond acceptors (Lipinski definition) is 4. The summed E-state index contributed by atoms with van der Waals surface area (Å²) in [5.74, 6) is 0. The van der Waals surface area contributed by atoms with Crippen LogP contribution < -0.4 is 5.32 Å². The number of thiazole rings is 1. The van der Waals surface area contributed by atoms with E-state index in [2.05, 4.69) is 21.8 Å². The van der Waals surface area contributed by atoms with E-state index in [1.807, 2.05) is 29.8 Å². The zero-order valence-electron chi connectivity index (χ0n) is 9.39. The minimum Gasteiger partial charge on any atom is -0.312 e. The molecule has 0 aliphatic heterocycles. The Balaban J connectivity index is 1.76. The standard InChI is InChI=1S/C13H13N3S/c14-7-11-2-1-3-12(6-11)8-15-5-4-13-9-17-10-16-13/h1-3,6,9-10,15H,4-5,8H2. The molecule has 17 heavy (non-hydrogen) atoms. The molecule has 1 heterocycles. The van der Waals surface area contributed by atoms with Crippen molar-refractivity contribution >= 4 is 11.3 Å². The number of nitrogens with zero attached hydrogens (tertiary/aromatic N) is 2. The van der Waals surface area contributed by atoms with Gasteiger partial charge in [-0.3, -0.25) is 0 Å². The quantitative estimate of drug-likeness (QED) is 0.820. The molecule has 86 valence electrons. The van der Waals surface area contributed by atoms with Gasteiger partial charge in [0.25, 0.3) is 0 Å². The lowest BCUT2D eigenvalue weighted by molar-refractivity contribution is 0.681. The summed E-state index contributed by atoms with van der Waals surface area (Å²) in [4.78, 5) is 4.22. The van der Waals surface area contributed by atoms with Gasteiger partial charge in [-0.2, -0.15) is 5.26 Å². The van der Waals surface area contributed by atoms with Crippen LogP contribution in [0, 0.1) is 11.3 Å². The topological polar surface area (TPSA) is 48.7 Å². The van der Waals surface area contributed by atoms with Gasteiger partial charge in [0.05, 0.1) is 22.8 Å². The van der Waals surface area contributed by atoms with E-state index >= 15 is 0 Å². The minimum absolute atomic E-state index is 0.712. The monoisotopic (exact) mass is 243 g/mol. The van der Waals surface area contributed by atoms with Gasteiger partial charge in [0.15, 0.2) is 0 Å². The Kier molecular flexibility index (Phi) is 4.25. The van der Waals surface area contributed by atoms with Crippen LogP contribution in [0.2, 0.25) is 0 Å². The Hall–Kier alpha value is -1.70. The van der Waals surface area contributed by atoms with Crippen LogP contribution in [-0.2, 0) is 13.0 Å². The smallest absolute Gasteiger partial charge is 0.0991 e. The van der Waals surface area contributed by atoms with Crippen molar-refractivity contribution in [3.8, 4) is 6.07 Å². The van der Waals surface area contributed by atoms with Crippen molar-refractivity contribution in [3.05, 3.63) is 52.0 Å². The number of hydrogen-bond donors (Lipinski definition) is 1. The highest BCUT2D eigenvalue weighted by atomic mass is 32.1. The number of benzene rings is 1. The Morgan fingerprint density at radius 3 is 3.12 bits per heavy atom. The van der Waals surface area contributed by atoms with Gasteiger partial charge in [-0.05, 0) is 17.7 Å². The summed E-state index contributed by atoms with van der Waals surface area (Å²) in [6.45, 7) is 1.69. The van der Waals surface area contributed by atoms with Crippen molar-refractivity contribution in [3.63, 3.8) is 0 Å². The van der Waals surface area contributed by atoms with Crippen molar-refractivity contribution in [1.82, 2.24) is 10.3 Å². The zero-order valence-corrected chi connectivity index (χ0v) is 10.2. The average molecular weight is 243 g/mol. The molecule has 1 N–H and O–H groups in total. The summed E-state index contributed by atoms with van der Waals surface area (Å²) < 4.78 is 0. The SMILES string of the molecule is N#Cc1cccc(CNCCc2cscn2)c1. The lowest BCUT2D eigenvalue weighted by Crippen LogP contribution is -2.16. The van der Waals surface area contributed by atoms with E-state index in [1.165, 1.54) is 0 Å². The van der Waals surface area contributed by atoms with Gasteiger partial charge in [0.1, 0.15) is 0 Å². The molecule has 0 fully saturated rings. The second-order valence-corrected chi connectivity index (χ2v) is 4.44. The largest absolute Gasteiger partial charge is 0.312 e. The van der Waals surface area contributed by atoms with Crippen LogP contribution >= 0.6 is 11.3 Å². The summed E-state index contributed by atoms with van der Waals surface area (Å²) in [5.41, 5.74) is 4.84. The lowest BCUT2D eigenvalue weighted by atomic mass is 10.1. The van der Waals surface area contributed by atoms with Crippen molar-refractivity contribution in [2.45, 2.75) is 13.0 Å². The number of aromatic nitrogens is 1. The summed E-state index contributed by atoms with van der Waals surface area (Å²) in [7, 11) is 0. The van der Waals surface area contributed by atoms with Crippen LogP contribution in [0.1, 0.15) is 16.8 Å². The van der Waals surface area contributed by atoms with Crippen LogP contribution in [0.3, 0.4) is 0 Å². The lowest BCUT2D eigenvalue weighted by Gasteiger charge is -2.03. The highest BCUT2D eigenvalue weighted by Crippen LogP contribution is 2.04. The van der Waals surface area contributed by atoms with E-state index in [-0.39, 0.29) is 0 Å². The van der Waals surface area contributed by atoms with E-state index in [0.29, 0.717) is 5.56 Å². The highest BCUT2D eigenvalue weighted by molar-refractivity contribution is 7.07. The molecule has 0 radical (unpaired) electrons.